The number of fused-ring (bicyclic) bond motifs is 8. The number of para-hydroxylation sites is 2. The van der Waals surface area contributed by atoms with Crippen molar-refractivity contribution in [3.63, 3.8) is 0 Å². The molecule has 3 nitrogen and oxygen atoms in total. The number of ether oxygens (including phenoxy) is 1. The molecule has 1 aliphatic rings. The van der Waals surface area contributed by atoms with E-state index in [1.54, 1.807) is 0 Å². The minimum Gasteiger partial charge on any atom is -0.453 e. The van der Waals surface area contributed by atoms with E-state index >= 15 is 0 Å². The van der Waals surface area contributed by atoms with Gasteiger partial charge in [0, 0.05) is 27.2 Å². The molecule has 0 amide bonds. The summed E-state index contributed by atoms with van der Waals surface area (Å²) in [6.07, 6.45) is 0. The van der Waals surface area contributed by atoms with Crippen LogP contribution in [-0.2, 0) is 0 Å². The molecule has 0 N–H and O–H groups in total. The summed E-state index contributed by atoms with van der Waals surface area (Å²) >= 11 is 0. The number of hydrogen-bond donors (Lipinski definition) is 0. The molecule has 3 heterocycles. The van der Waals surface area contributed by atoms with Crippen molar-refractivity contribution in [3.8, 4) is 34.0 Å². The molecule has 6 aromatic carbocycles. The minimum absolute atomic E-state index is 0.877. The topological polar surface area (TPSA) is 19.1 Å². The van der Waals surface area contributed by atoms with Gasteiger partial charge in [0.15, 0.2) is 11.5 Å². The number of rotatable bonds is 2. The number of hydrogen-bond acceptors (Lipinski definition) is 1. The second-order valence-corrected chi connectivity index (χ2v) is 11.2. The van der Waals surface area contributed by atoms with Crippen LogP contribution in [0.25, 0.3) is 66.1 Å². The van der Waals surface area contributed by atoms with Crippen molar-refractivity contribution >= 4 is 43.6 Å². The molecular weight excluding hydrogens is 500 g/mol. The fraction of sp³-hybridized carbons (Fsp3) is 0.0526. The van der Waals surface area contributed by atoms with E-state index in [0.717, 1.165) is 34.0 Å². The summed E-state index contributed by atoms with van der Waals surface area (Å²) in [6, 6.07) is 43.9. The minimum atomic E-state index is 0.877. The van der Waals surface area contributed by atoms with Crippen molar-refractivity contribution in [2.24, 2.45) is 0 Å². The number of aromatic nitrogens is 2. The molecule has 194 valence electrons. The Hall–Kier alpha value is -5.28. The molecular formula is C38H26N2O. The molecule has 3 heteroatoms. The molecule has 0 spiro atoms. The molecule has 0 unspecified atom stereocenters. The van der Waals surface area contributed by atoms with Gasteiger partial charge < -0.3 is 13.9 Å². The molecule has 1 aliphatic heterocycles. The van der Waals surface area contributed by atoms with Crippen molar-refractivity contribution in [2.45, 2.75) is 13.8 Å². The van der Waals surface area contributed by atoms with Gasteiger partial charge in [0.1, 0.15) is 0 Å². The average molecular weight is 527 g/mol. The van der Waals surface area contributed by atoms with Crippen molar-refractivity contribution < 1.29 is 4.74 Å². The average Bonchev–Trinajstić information content (AvgIpc) is 3.51. The van der Waals surface area contributed by atoms with Crippen LogP contribution in [0, 0.1) is 13.8 Å². The maximum absolute atomic E-state index is 6.41. The normalized spacial score (nSPS) is 12.3. The van der Waals surface area contributed by atoms with Gasteiger partial charge in [-0.1, -0.05) is 71.8 Å². The van der Waals surface area contributed by atoms with Gasteiger partial charge >= 0.3 is 0 Å². The van der Waals surface area contributed by atoms with E-state index in [1.165, 1.54) is 54.8 Å². The van der Waals surface area contributed by atoms with E-state index in [4.69, 9.17) is 4.74 Å². The highest BCUT2D eigenvalue weighted by Gasteiger charge is 2.24. The number of aryl methyl sites for hydroxylation is 2. The predicted octanol–water partition coefficient (Wildman–Crippen LogP) is 10.3. The second kappa shape index (κ2) is 8.12. The van der Waals surface area contributed by atoms with Crippen LogP contribution < -0.4 is 4.74 Å². The Morgan fingerprint density at radius 1 is 0.463 bits per heavy atom. The summed E-state index contributed by atoms with van der Waals surface area (Å²) in [5.41, 5.74) is 11.9. The first kappa shape index (κ1) is 22.5. The Balaban J connectivity index is 1.19. The van der Waals surface area contributed by atoms with Crippen LogP contribution in [0.3, 0.4) is 0 Å². The molecule has 2 aromatic heterocycles. The molecule has 8 aromatic rings. The van der Waals surface area contributed by atoms with Gasteiger partial charge in [-0.3, -0.25) is 0 Å². The molecule has 0 saturated carbocycles. The van der Waals surface area contributed by atoms with Crippen LogP contribution in [0.2, 0.25) is 0 Å². The Morgan fingerprint density at radius 3 is 1.88 bits per heavy atom. The number of nitrogens with zero attached hydrogens (tertiary/aromatic N) is 2. The van der Waals surface area contributed by atoms with Crippen molar-refractivity contribution in [1.29, 1.82) is 0 Å². The zero-order valence-corrected chi connectivity index (χ0v) is 22.8. The molecule has 0 fully saturated rings. The number of benzene rings is 6. The van der Waals surface area contributed by atoms with E-state index in [-0.39, 0.29) is 0 Å². The molecule has 41 heavy (non-hydrogen) atoms. The lowest BCUT2D eigenvalue weighted by atomic mass is 10.0. The highest BCUT2D eigenvalue weighted by atomic mass is 16.5. The summed E-state index contributed by atoms with van der Waals surface area (Å²) < 4.78 is 11.2. The molecule has 0 radical (unpaired) electrons. The molecule has 0 atom stereocenters. The van der Waals surface area contributed by atoms with Gasteiger partial charge in [-0.15, -0.1) is 0 Å². The van der Waals surface area contributed by atoms with Gasteiger partial charge in [0.25, 0.3) is 0 Å². The van der Waals surface area contributed by atoms with E-state index in [0.29, 0.717) is 0 Å². The summed E-state index contributed by atoms with van der Waals surface area (Å²) in [5.74, 6) is 1.78. The third-order valence-corrected chi connectivity index (χ3v) is 8.61. The highest BCUT2D eigenvalue weighted by molar-refractivity contribution is 6.12. The van der Waals surface area contributed by atoms with Gasteiger partial charge in [-0.25, -0.2) is 0 Å². The maximum Gasteiger partial charge on any atom is 0.152 e. The van der Waals surface area contributed by atoms with Crippen LogP contribution in [-0.4, -0.2) is 9.13 Å². The zero-order chi connectivity index (χ0) is 27.2. The smallest absolute Gasteiger partial charge is 0.152 e. The van der Waals surface area contributed by atoms with Crippen LogP contribution >= 0.6 is 0 Å². The fourth-order valence-electron chi connectivity index (χ4n) is 6.73. The van der Waals surface area contributed by atoms with E-state index in [1.807, 2.05) is 0 Å². The Bertz CT molecular complexity index is 2290. The lowest BCUT2D eigenvalue weighted by molar-refractivity contribution is 0.476. The molecule has 0 aliphatic carbocycles. The van der Waals surface area contributed by atoms with Crippen LogP contribution in [0.1, 0.15) is 11.1 Å². The van der Waals surface area contributed by atoms with Gasteiger partial charge in [-0.2, -0.15) is 0 Å². The summed E-state index contributed by atoms with van der Waals surface area (Å²) in [4.78, 5) is 0. The zero-order valence-electron chi connectivity index (χ0n) is 22.8. The van der Waals surface area contributed by atoms with Crippen LogP contribution in [0.4, 0.5) is 0 Å². The van der Waals surface area contributed by atoms with Gasteiger partial charge in [0.05, 0.1) is 27.8 Å². The first-order valence-corrected chi connectivity index (χ1v) is 14.1. The van der Waals surface area contributed by atoms with Crippen molar-refractivity contribution in [1.82, 2.24) is 9.13 Å². The monoisotopic (exact) mass is 526 g/mol. The maximum atomic E-state index is 6.41. The predicted molar refractivity (Wildman–Crippen MR) is 170 cm³/mol. The Kier molecular flexibility index (Phi) is 4.46. The summed E-state index contributed by atoms with van der Waals surface area (Å²) in [5, 5.41) is 5.06. The van der Waals surface area contributed by atoms with Crippen molar-refractivity contribution in [3.05, 3.63) is 132 Å². The van der Waals surface area contributed by atoms with Gasteiger partial charge in [-0.05, 0) is 85.6 Å². The third kappa shape index (κ3) is 3.14. The standard InChI is InChI=1S/C38H26N2O/c1-23-10-17-33-30(20-23)31-21-24(2)11-18-34(31)39(33)27-15-12-25(13-16-27)26-14-19-36-35(22-26)40-32-8-4-3-6-28(32)29-7-5-9-37(41-36)38(29)40/h3-22H,1-2H3. The summed E-state index contributed by atoms with van der Waals surface area (Å²) in [7, 11) is 0. The van der Waals surface area contributed by atoms with E-state index in [2.05, 4.69) is 144 Å². The quantitative estimate of drug-likeness (QED) is 0.219. The lowest BCUT2D eigenvalue weighted by Gasteiger charge is -2.21. The van der Waals surface area contributed by atoms with Crippen LogP contribution in [0.15, 0.2) is 121 Å². The lowest BCUT2D eigenvalue weighted by Crippen LogP contribution is -2.04. The second-order valence-electron chi connectivity index (χ2n) is 11.2. The van der Waals surface area contributed by atoms with E-state index in [9.17, 15) is 0 Å². The Labute approximate surface area is 237 Å². The first-order valence-electron chi connectivity index (χ1n) is 14.1. The van der Waals surface area contributed by atoms with Gasteiger partial charge in [0.2, 0.25) is 0 Å². The largest absolute Gasteiger partial charge is 0.453 e. The SMILES string of the molecule is Cc1ccc2c(c1)c1cc(C)ccc1n2-c1ccc(-c2ccc3c(c2)-n2c4ccccc4c4cccc(c42)O3)cc1. The molecule has 0 bridgehead atoms. The highest BCUT2D eigenvalue weighted by Crippen LogP contribution is 2.46. The van der Waals surface area contributed by atoms with Crippen LogP contribution in [0.5, 0.6) is 11.5 Å². The first-order chi connectivity index (χ1) is 20.1. The summed E-state index contributed by atoms with van der Waals surface area (Å²) in [6.45, 7) is 4.33. The van der Waals surface area contributed by atoms with E-state index < -0.39 is 0 Å². The Morgan fingerprint density at radius 2 is 1.12 bits per heavy atom. The van der Waals surface area contributed by atoms with Crippen molar-refractivity contribution in [2.75, 3.05) is 0 Å². The third-order valence-electron chi connectivity index (χ3n) is 8.61. The molecule has 0 saturated heterocycles. The molecule has 9 rings (SSSR count). The fourth-order valence-corrected chi connectivity index (χ4v) is 6.73.